The van der Waals surface area contributed by atoms with E-state index in [-0.39, 0.29) is 11.7 Å². The highest BCUT2D eigenvalue weighted by atomic mass is 16.5. The first kappa shape index (κ1) is 15.9. The van der Waals surface area contributed by atoms with Crippen molar-refractivity contribution in [1.29, 1.82) is 0 Å². The second kappa shape index (κ2) is 7.09. The molecule has 1 unspecified atom stereocenters. The van der Waals surface area contributed by atoms with Gasteiger partial charge in [0, 0.05) is 17.9 Å². The minimum atomic E-state index is 0.117. The second-order valence-corrected chi connectivity index (χ2v) is 6.59. The van der Waals surface area contributed by atoms with E-state index in [4.69, 9.17) is 4.52 Å². The first-order chi connectivity index (χ1) is 11.2. The molecule has 3 rings (SSSR count). The zero-order chi connectivity index (χ0) is 16.2. The van der Waals surface area contributed by atoms with Gasteiger partial charge in [0.2, 0.25) is 0 Å². The number of carbonyl (C=O) groups is 1. The van der Waals surface area contributed by atoms with Crippen LogP contribution in [0.25, 0.3) is 11.3 Å². The number of carbonyl (C=O) groups excluding carboxylic acids is 1. The van der Waals surface area contributed by atoms with Crippen molar-refractivity contribution in [1.82, 2.24) is 10.1 Å². The van der Waals surface area contributed by atoms with Crippen LogP contribution in [0.15, 0.2) is 34.9 Å². The summed E-state index contributed by atoms with van der Waals surface area (Å²) in [6.07, 6.45) is 4.90. The third-order valence-electron chi connectivity index (χ3n) is 4.55. The number of hydrogen-bond donors (Lipinski definition) is 0. The Kier molecular flexibility index (Phi) is 4.91. The molecule has 1 atom stereocenters. The largest absolute Gasteiger partial charge is 0.360 e. The van der Waals surface area contributed by atoms with Crippen molar-refractivity contribution >= 4 is 5.78 Å². The highest BCUT2D eigenvalue weighted by Crippen LogP contribution is 2.35. The number of unbranched alkanes of at least 4 members (excludes halogenated alkanes) is 1. The third kappa shape index (κ3) is 3.53. The van der Waals surface area contributed by atoms with Gasteiger partial charge in [0.15, 0.2) is 5.78 Å². The van der Waals surface area contributed by atoms with E-state index in [1.54, 1.807) is 0 Å². The fourth-order valence-electron chi connectivity index (χ4n) is 3.28. The van der Waals surface area contributed by atoms with Gasteiger partial charge in [0.1, 0.15) is 11.5 Å². The van der Waals surface area contributed by atoms with Gasteiger partial charge in [-0.25, -0.2) is 0 Å². The molecule has 0 aliphatic heterocycles. The maximum Gasteiger partial charge on any atom is 0.171 e. The summed E-state index contributed by atoms with van der Waals surface area (Å²) < 4.78 is 5.44. The number of rotatable bonds is 6. The number of aryl methyl sites for hydroxylation is 1. The van der Waals surface area contributed by atoms with Crippen LogP contribution in [0.2, 0.25) is 0 Å². The standard InChI is InChI=1S/C19H24N2O2/c1-21(2)13-7-6-10-15-11-12-16-17(19(15)22)18(20-23-16)14-8-4-3-5-9-14/h3-5,8-9,15H,6-7,10-13H2,1-2H3. The van der Waals surface area contributed by atoms with Crippen LogP contribution in [0.1, 0.15) is 41.8 Å². The van der Waals surface area contributed by atoms with Crippen LogP contribution in [0.4, 0.5) is 0 Å². The molecule has 0 bridgehead atoms. The van der Waals surface area contributed by atoms with E-state index in [0.717, 1.165) is 55.5 Å². The molecule has 0 fully saturated rings. The van der Waals surface area contributed by atoms with Crippen LogP contribution >= 0.6 is 0 Å². The molecule has 1 aromatic heterocycles. The lowest BCUT2D eigenvalue weighted by Crippen LogP contribution is -2.22. The zero-order valence-electron chi connectivity index (χ0n) is 13.9. The maximum atomic E-state index is 12.9. The molecule has 0 amide bonds. The van der Waals surface area contributed by atoms with Gasteiger partial charge >= 0.3 is 0 Å². The first-order valence-corrected chi connectivity index (χ1v) is 8.39. The Morgan fingerprint density at radius 2 is 2.00 bits per heavy atom. The SMILES string of the molecule is CN(C)CCCCC1CCc2onc(-c3ccccc3)c2C1=O. The number of hydrogen-bond acceptors (Lipinski definition) is 4. The molecule has 1 aromatic carbocycles. The third-order valence-corrected chi connectivity index (χ3v) is 4.55. The van der Waals surface area contributed by atoms with Gasteiger partial charge in [0.25, 0.3) is 0 Å². The van der Waals surface area contributed by atoms with Crippen molar-refractivity contribution in [3.63, 3.8) is 0 Å². The van der Waals surface area contributed by atoms with Crippen molar-refractivity contribution in [3.8, 4) is 11.3 Å². The van der Waals surface area contributed by atoms with Crippen LogP contribution in [-0.2, 0) is 6.42 Å². The van der Waals surface area contributed by atoms with Crippen LogP contribution < -0.4 is 0 Å². The Balaban J connectivity index is 1.73. The van der Waals surface area contributed by atoms with E-state index in [2.05, 4.69) is 24.2 Å². The number of ketones is 1. The minimum Gasteiger partial charge on any atom is -0.360 e. The van der Waals surface area contributed by atoms with E-state index in [1.807, 2.05) is 30.3 Å². The molecule has 0 spiro atoms. The van der Waals surface area contributed by atoms with Crippen molar-refractivity contribution in [2.75, 3.05) is 20.6 Å². The monoisotopic (exact) mass is 312 g/mol. The number of aromatic nitrogens is 1. The Bertz CT molecular complexity index is 661. The average molecular weight is 312 g/mol. The topological polar surface area (TPSA) is 46.3 Å². The molecule has 4 nitrogen and oxygen atoms in total. The van der Waals surface area contributed by atoms with E-state index in [9.17, 15) is 4.79 Å². The summed E-state index contributed by atoms with van der Waals surface area (Å²) in [5, 5.41) is 4.17. The normalized spacial score (nSPS) is 17.5. The minimum absolute atomic E-state index is 0.117. The number of Topliss-reactive ketones (excluding diaryl/α,β-unsaturated/α-hetero) is 1. The molecule has 0 N–H and O–H groups in total. The second-order valence-electron chi connectivity index (χ2n) is 6.59. The lowest BCUT2D eigenvalue weighted by Gasteiger charge is -2.20. The fraction of sp³-hybridized carbons (Fsp3) is 0.474. The Hall–Kier alpha value is -1.94. The van der Waals surface area contributed by atoms with Gasteiger partial charge in [-0.05, 0) is 39.9 Å². The van der Waals surface area contributed by atoms with Crippen LogP contribution in [0.5, 0.6) is 0 Å². The Morgan fingerprint density at radius 3 is 2.74 bits per heavy atom. The van der Waals surface area contributed by atoms with Gasteiger partial charge in [-0.3, -0.25) is 4.79 Å². The van der Waals surface area contributed by atoms with Gasteiger partial charge in [-0.15, -0.1) is 0 Å². The van der Waals surface area contributed by atoms with E-state index in [1.165, 1.54) is 0 Å². The molecule has 23 heavy (non-hydrogen) atoms. The van der Waals surface area contributed by atoms with Gasteiger partial charge in [0.05, 0.1) is 5.56 Å². The smallest absolute Gasteiger partial charge is 0.171 e. The van der Waals surface area contributed by atoms with Gasteiger partial charge in [-0.1, -0.05) is 41.9 Å². The quantitative estimate of drug-likeness (QED) is 0.761. The summed E-state index contributed by atoms with van der Waals surface area (Å²) in [5.74, 6) is 1.10. The summed E-state index contributed by atoms with van der Waals surface area (Å²) >= 11 is 0. The molecule has 1 aliphatic carbocycles. The van der Waals surface area contributed by atoms with Crippen molar-refractivity contribution in [2.24, 2.45) is 5.92 Å². The summed E-state index contributed by atoms with van der Waals surface area (Å²) in [6, 6.07) is 9.84. The molecule has 1 aliphatic rings. The highest BCUT2D eigenvalue weighted by Gasteiger charge is 2.33. The van der Waals surface area contributed by atoms with E-state index >= 15 is 0 Å². The number of fused-ring (bicyclic) bond motifs is 1. The summed E-state index contributed by atoms with van der Waals surface area (Å²) in [4.78, 5) is 15.1. The zero-order valence-corrected chi connectivity index (χ0v) is 13.9. The van der Waals surface area contributed by atoms with Crippen molar-refractivity contribution < 1.29 is 9.32 Å². The van der Waals surface area contributed by atoms with Gasteiger partial charge in [-0.2, -0.15) is 0 Å². The molecular weight excluding hydrogens is 288 g/mol. The van der Waals surface area contributed by atoms with E-state index in [0.29, 0.717) is 5.69 Å². The molecule has 0 saturated heterocycles. The lowest BCUT2D eigenvalue weighted by atomic mass is 9.82. The maximum absolute atomic E-state index is 12.9. The van der Waals surface area contributed by atoms with Crippen molar-refractivity contribution in [2.45, 2.75) is 32.1 Å². The molecule has 1 heterocycles. The Morgan fingerprint density at radius 1 is 1.22 bits per heavy atom. The summed E-state index contributed by atoms with van der Waals surface area (Å²) in [5.41, 5.74) is 2.39. The molecule has 0 saturated carbocycles. The molecule has 122 valence electrons. The lowest BCUT2D eigenvalue weighted by molar-refractivity contribution is 0.0887. The summed E-state index contributed by atoms with van der Waals surface area (Å²) in [7, 11) is 4.17. The Labute approximate surface area is 137 Å². The first-order valence-electron chi connectivity index (χ1n) is 8.39. The molecular formula is C19H24N2O2. The van der Waals surface area contributed by atoms with E-state index < -0.39 is 0 Å². The summed E-state index contributed by atoms with van der Waals surface area (Å²) in [6.45, 7) is 1.08. The highest BCUT2D eigenvalue weighted by molar-refractivity contribution is 6.04. The van der Waals surface area contributed by atoms with Crippen LogP contribution in [-0.4, -0.2) is 36.5 Å². The number of benzene rings is 1. The molecule has 4 heteroatoms. The average Bonchev–Trinajstić information content (AvgIpc) is 2.99. The van der Waals surface area contributed by atoms with Gasteiger partial charge < -0.3 is 9.42 Å². The number of nitrogens with zero attached hydrogens (tertiary/aromatic N) is 2. The molecule has 0 radical (unpaired) electrons. The van der Waals surface area contributed by atoms with Crippen LogP contribution in [0.3, 0.4) is 0 Å². The van der Waals surface area contributed by atoms with Crippen LogP contribution in [0, 0.1) is 5.92 Å². The van der Waals surface area contributed by atoms with Crippen molar-refractivity contribution in [3.05, 3.63) is 41.7 Å². The predicted octanol–water partition coefficient (Wildman–Crippen LogP) is 3.82. The fourth-order valence-corrected chi connectivity index (χ4v) is 3.28. The predicted molar refractivity (Wildman–Crippen MR) is 90.5 cm³/mol. The molecule has 2 aromatic rings.